The van der Waals surface area contributed by atoms with Crippen molar-refractivity contribution in [3.63, 3.8) is 0 Å². The lowest BCUT2D eigenvalue weighted by atomic mass is 10.2. The summed E-state index contributed by atoms with van der Waals surface area (Å²) in [5.41, 5.74) is 4.26. The van der Waals surface area contributed by atoms with Gasteiger partial charge in [0.2, 0.25) is 0 Å². The average Bonchev–Trinajstić information content (AvgIpc) is 2.91. The van der Waals surface area contributed by atoms with E-state index in [0.717, 1.165) is 5.56 Å². The first-order valence-corrected chi connectivity index (χ1v) is 12.1. The summed E-state index contributed by atoms with van der Waals surface area (Å²) in [5.74, 6) is -0.576. The molecule has 0 aliphatic carbocycles. The van der Waals surface area contributed by atoms with Gasteiger partial charge in [0, 0.05) is 12.2 Å². The van der Waals surface area contributed by atoms with Crippen molar-refractivity contribution in [3.05, 3.63) is 81.4 Å². The number of methoxy groups -OCH3 is 2. The highest BCUT2D eigenvalue weighted by Gasteiger charge is 2.14. The SMILES string of the molecule is COc1ccc(CNC(=O)C(=O)N/N=C\c2cc(I)c(OCC(=O)Nc3ccccc3)c(OC)c2)cc1. The van der Waals surface area contributed by atoms with Crippen LogP contribution in [0.1, 0.15) is 11.1 Å². The second-order valence-electron chi connectivity index (χ2n) is 7.47. The number of nitrogens with zero attached hydrogens (tertiary/aromatic N) is 1. The van der Waals surface area contributed by atoms with E-state index in [4.69, 9.17) is 14.2 Å². The van der Waals surface area contributed by atoms with Gasteiger partial charge in [-0.25, -0.2) is 5.43 Å². The monoisotopic (exact) mass is 616 g/mol. The number of hydrogen-bond acceptors (Lipinski definition) is 7. The van der Waals surface area contributed by atoms with Gasteiger partial charge in [0.15, 0.2) is 18.1 Å². The molecule has 192 valence electrons. The Hall–Kier alpha value is -4.13. The lowest BCUT2D eigenvalue weighted by Gasteiger charge is -2.13. The zero-order chi connectivity index (χ0) is 26.6. The lowest BCUT2D eigenvalue weighted by molar-refractivity contribution is -0.139. The number of halogens is 1. The second kappa shape index (κ2) is 13.8. The van der Waals surface area contributed by atoms with Crippen molar-refractivity contribution in [2.45, 2.75) is 6.54 Å². The quantitative estimate of drug-likeness (QED) is 0.139. The van der Waals surface area contributed by atoms with Crippen LogP contribution in [-0.2, 0) is 20.9 Å². The Morgan fingerprint density at radius 1 is 0.946 bits per heavy atom. The number of hydrogen-bond donors (Lipinski definition) is 3. The molecule has 0 fully saturated rings. The fourth-order valence-electron chi connectivity index (χ4n) is 3.03. The van der Waals surface area contributed by atoms with E-state index in [9.17, 15) is 14.4 Å². The van der Waals surface area contributed by atoms with Crippen molar-refractivity contribution in [1.29, 1.82) is 0 Å². The molecule has 0 unspecified atom stereocenters. The Kier molecular flexibility index (Phi) is 10.3. The molecule has 0 spiro atoms. The van der Waals surface area contributed by atoms with Gasteiger partial charge in [-0.3, -0.25) is 14.4 Å². The predicted octanol–water partition coefficient (Wildman–Crippen LogP) is 3.09. The molecule has 0 heterocycles. The summed E-state index contributed by atoms with van der Waals surface area (Å²) in [4.78, 5) is 36.3. The van der Waals surface area contributed by atoms with Gasteiger partial charge < -0.3 is 24.8 Å². The molecule has 0 saturated heterocycles. The van der Waals surface area contributed by atoms with Crippen LogP contribution in [0.5, 0.6) is 17.2 Å². The third-order valence-electron chi connectivity index (χ3n) is 4.85. The number of carbonyl (C=O) groups excluding carboxylic acids is 3. The Morgan fingerprint density at radius 3 is 2.35 bits per heavy atom. The Morgan fingerprint density at radius 2 is 1.68 bits per heavy atom. The van der Waals surface area contributed by atoms with Crippen molar-refractivity contribution < 1.29 is 28.6 Å². The smallest absolute Gasteiger partial charge is 0.329 e. The third kappa shape index (κ3) is 8.49. The number of hydrazone groups is 1. The van der Waals surface area contributed by atoms with Crippen molar-refractivity contribution in [2.75, 3.05) is 26.1 Å². The Balaban J connectivity index is 1.52. The normalized spacial score (nSPS) is 10.5. The number of benzene rings is 3. The average molecular weight is 616 g/mol. The minimum atomic E-state index is -0.907. The van der Waals surface area contributed by atoms with E-state index >= 15 is 0 Å². The molecule has 0 aliphatic rings. The highest BCUT2D eigenvalue weighted by Crippen LogP contribution is 2.33. The van der Waals surface area contributed by atoms with Crippen LogP contribution >= 0.6 is 22.6 Å². The van der Waals surface area contributed by atoms with Gasteiger partial charge in [-0.2, -0.15) is 5.10 Å². The van der Waals surface area contributed by atoms with E-state index in [1.54, 1.807) is 55.6 Å². The van der Waals surface area contributed by atoms with E-state index in [2.05, 4.69) is 21.2 Å². The van der Waals surface area contributed by atoms with Gasteiger partial charge in [-0.15, -0.1) is 0 Å². The zero-order valence-electron chi connectivity index (χ0n) is 20.1. The summed E-state index contributed by atoms with van der Waals surface area (Å²) in [6.45, 7) is -0.0312. The van der Waals surface area contributed by atoms with Crippen molar-refractivity contribution in [2.24, 2.45) is 5.10 Å². The van der Waals surface area contributed by atoms with Crippen molar-refractivity contribution in [1.82, 2.24) is 10.7 Å². The molecular formula is C26H25IN4O6. The molecule has 3 rings (SSSR count). The van der Waals surface area contributed by atoms with Gasteiger partial charge in [0.05, 0.1) is 24.0 Å². The molecular weight excluding hydrogens is 591 g/mol. The van der Waals surface area contributed by atoms with Crippen LogP contribution in [0, 0.1) is 3.57 Å². The summed E-state index contributed by atoms with van der Waals surface area (Å²) in [6.07, 6.45) is 1.37. The summed E-state index contributed by atoms with van der Waals surface area (Å²) in [5, 5.41) is 9.11. The maximum absolute atomic E-state index is 12.2. The van der Waals surface area contributed by atoms with Crippen molar-refractivity contribution in [3.8, 4) is 17.2 Å². The molecule has 3 aromatic carbocycles. The van der Waals surface area contributed by atoms with E-state index in [0.29, 0.717) is 32.1 Å². The van der Waals surface area contributed by atoms with Crippen LogP contribution in [0.25, 0.3) is 0 Å². The summed E-state index contributed by atoms with van der Waals surface area (Å²) < 4.78 is 16.8. The number of ether oxygens (including phenoxy) is 3. The molecule has 3 N–H and O–H groups in total. The minimum absolute atomic E-state index is 0.181. The maximum Gasteiger partial charge on any atom is 0.329 e. The molecule has 0 aliphatic heterocycles. The molecule has 3 aromatic rings. The first kappa shape index (κ1) is 27.5. The van der Waals surface area contributed by atoms with Gasteiger partial charge in [0.25, 0.3) is 5.91 Å². The van der Waals surface area contributed by atoms with Crippen LogP contribution in [-0.4, -0.2) is 44.8 Å². The molecule has 0 radical (unpaired) electrons. The maximum atomic E-state index is 12.2. The zero-order valence-corrected chi connectivity index (χ0v) is 22.3. The highest BCUT2D eigenvalue weighted by molar-refractivity contribution is 14.1. The number of rotatable bonds is 10. The van der Waals surface area contributed by atoms with Crippen LogP contribution < -0.4 is 30.3 Å². The molecule has 0 saturated carbocycles. The molecule has 11 heteroatoms. The lowest BCUT2D eigenvalue weighted by Crippen LogP contribution is -2.37. The largest absolute Gasteiger partial charge is 0.497 e. The van der Waals surface area contributed by atoms with E-state index in [-0.39, 0.29) is 19.1 Å². The van der Waals surface area contributed by atoms with E-state index in [1.807, 2.05) is 40.8 Å². The molecule has 10 nitrogen and oxygen atoms in total. The van der Waals surface area contributed by atoms with Gasteiger partial charge in [-0.05, 0) is 70.1 Å². The fourth-order valence-corrected chi connectivity index (χ4v) is 3.81. The van der Waals surface area contributed by atoms with Gasteiger partial charge in [-0.1, -0.05) is 30.3 Å². The number of anilines is 1. The Labute approximate surface area is 227 Å². The second-order valence-corrected chi connectivity index (χ2v) is 8.63. The summed E-state index contributed by atoms with van der Waals surface area (Å²) >= 11 is 2.04. The number of para-hydroxylation sites is 1. The summed E-state index contributed by atoms with van der Waals surface area (Å²) in [7, 11) is 3.03. The fraction of sp³-hybridized carbons (Fsp3) is 0.154. The van der Waals surface area contributed by atoms with Crippen LogP contribution in [0.4, 0.5) is 5.69 Å². The van der Waals surface area contributed by atoms with Crippen LogP contribution in [0.3, 0.4) is 0 Å². The van der Waals surface area contributed by atoms with Crippen LogP contribution in [0.2, 0.25) is 0 Å². The summed E-state index contributed by atoms with van der Waals surface area (Å²) in [6, 6.07) is 19.5. The standard InChI is InChI=1S/C26H25IN4O6/c1-35-20-10-8-17(9-11-20)14-28-25(33)26(34)31-29-15-18-12-21(27)24(22(13-18)36-2)37-16-23(32)30-19-6-4-3-5-7-19/h3-13,15H,14,16H2,1-2H3,(H,28,33)(H,30,32)(H,31,34)/b29-15-. The third-order valence-corrected chi connectivity index (χ3v) is 5.66. The molecule has 0 atom stereocenters. The molecule has 0 bridgehead atoms. The minimum Gasteiger partial charge on any atom is -0.497 e. The van der Waals surface area contributed by atoms with E-state index < -0.39 is 11.8 Å². The first-order valence-electron chi connectivity index (χ1n) is 11.0. The van der Waals surface area contributed by atoms with Gasteiger partial charge in [0.1, 0.15) is 5.75 Å². The molecule has 37 heavy (non-hydrogen) atoms. The van der Waals surface area contributed by atoms with Crippen LogP contribution in [0.15, 0.2) is 71.8 Å². The number of carbonyl (C=O) groups is 3. The van der Waals surface area contributed by atoms with Crippen molar-refractivity contribution >= 4 is 52.2 Å². The number of nitrogens with one attached hydrogen (secondary N) is 3. The number of amides is 3. The van der Waals surface area contributed by atoms with E-state index in [1.165, 1.54) is 13.3 Å². The topological polar surface area (TPSA) is 127 Å². The molecule has 0 aromatic heterocycles. The molecule has 3 amide bonds. The first-order chi connectivity index (χ1) is 17.9. The highest BCUT2D eigenvalue weighted by atomic mass is 127. The predicted molar refractivity (Wildman–Crippen MR) is 147 cm³/mol. The Bertz CT molecular complexity index is 1270. The van der Waals surface area contributed by atoms with Gasteiger partial charge >= 0.3 is 11.8 Å².